The van der Waals surface area contributed by atoms with Crippen LogP contribution in [0, 0.1) is 6.92 Å². The number of nitrogens with two attached hydrogens (primary N) is 1. The third-order valence-electron chi connectivity index (χ3n) is 3.08. The lowest BCUT2D eigenvalue weighted by atomic mass is 10.1. The second-order valence-corrected chi connectivity index (χ2v) is 5.38. The highest BCUT2D eigenvalue weighted by molar-refractivity contribution is 9.10. The van der Waals surface area contributed by atoms with E-state index in [1.807, 2.05) is 49.4 Å². The van der Waals surface area contributed by atoms with Gasteiger partial charge in [0.2, 0.25) is 0 Å². The Morgan fingerprint density at radius 2 is 1.85 bits per heavy atom. The number of aromatic nitrogens is 4. The maximum Gasteiger partial charge on any atom is 0.187 e. The summed E-state index contributed by atoms with van der Waals surface area (Å²) in [5, 5.41) is 11.9. The molecule has 0 amide bonds. The van der Waals surface area contributed by atoms with E-state index in [9.17, 15) is 0 Å². The Morgan fingerprint density at radius 1 is 1.10 bits per heavy atom. The molecule has 1 aromatic heterocycles. The van der Waals surface area contributed by atoms with E-state index in [1.54, 1.807) is 4.68 Å². The van der Waals surface area contributed by atoms with E-state index < -0.39 is 0 Å². The van der Waals surface area contributed by atoms with Crippen molar-refractivity contribution in [2.24, 2.45) is 0 Å². The van der Waals surface area contributed by atoms with Crippen LogP contribution in [0.15, 0.2) is 46.9 Å². The van der Waals surface area contributed by atoms with E-state index in [0.717, 1.165) is 27.0 Å². The Bertz CT molecular complexity index is 749. The molecule has 0 bridgehead atoms. The molecular formula is C14H12BrN5. The average molecular weight is 330 g/mol. The summed E-state index contributed by atoms with van der Waals surface area (Å²) in [6.45, 7) is 1.97. The van der Waals surface area contributed by atoms with Gasteiger partial charge in [0.25, 0.3) is 0 Å². The van der Waals surface area contributed by atoms with Gasteiger partial charge in [-0.1, -0.05) is 28.1 Å². The summed E-state index contributed by atoms with van der Waals surface area (Å²) in [6, 6.07) is 13.6. The summed E-state index contributed by atoms with van der Waals surface area (Å²) in [4.78, 5) is 0. The first kappa shape index (κ1) is 12.8. The van der Waals surface area contributed by atoms with Crippen LogP contribution in [0.1, 0.15) is 5.56 Å². The van der Waals surface area contributed by atoms with Crippen molar-refractivity contribution < 1.29 is 0 Å². The van der Waals surface area contributed by atoms with Gasteiger partial charge in [-0.2, -0.15) is 4.68 Å². The molecule has 100 valence electrons. The molecule has 3 rings (SSSR count). The monoisotopic (exact) mass is 329 g/mol. The van der Waals surface area contributed by atoms with E-state index in [4.69, 9.17) is 5.73 Å². The van der Waals surface area contributed by atoms with E-state index in [-0.39, 0.29) is 0 Å². The first-order valence-electron chi connectivity index (χ1n) is 6.06. The largest absolute Gasteiger partial charge is 0.398 e. The average Bonchev–Trinajstić information content (AvgIpc) is 2.92. The van der Waals surface area contributed by atoms with Gasteiger partial charge in [0.1, 0.15) is 0 Å². The minimum Gasteiger partial charge on any atom is -0.398 e. The van der Waals surface area contributed by atoms with Crippen molar-refractivity contribution in [2.45, 2.75) is 6.92 Å². The molecule has 0 aliphatic heterocycles. The fourth-order valence-electron chi connectivity index (χ4n) is 1.90. The summed E-state index contributed by atoms with van der Waals surface area (Å²) in [5.74, 6) is 0.666. The summed E-state index contributed by atoms with van der Waals surface area (Å²) >= 11 is 3.41. The molecule has 0 unspecified atom stereocenters. The first-order valence-corrected chi connectivity index (χ1v) is 6.85. The molecule has 3 aromatic rings. The number of hydrogen-bond acceptors (Lipinski definition) is 4. The highest BCUT2D eigenvalue weighted by Gasteiger charge is 2.11. The van der Waals surface area contributed by atoms with Crippen molar-refractivity contribution in [2.75, 3.05) is 5.73 Å². The molecule has 2 aromatic carbocycles. The van der Waals surface area contributed by atoms with Gasteiger partial charge in [-0.05, 0) is 53.2 Å². The number of nitrogen functional groups attached to an aromatic ring is 1. The van der Waals surface area contributed by atoms with Gasteiger partial charge >= 0.3 is 0 Å². The first-order chi connectivity index (χ1) is 9.65. The SMILES string of the molecule is Cc1ccc(-c2nnnn2-c2ccc(Br)cc2)cc1N. The smallest absolute Gasteiger partial charge is 0.187 e. The van der Waals surface area contributed by atoms with Gasteiger partial charge in [0, 0.05) is 15.7 Å². The van der Waals surface area contributed by atoms with Crippen LogP contribution in [0.2, 0.25) is 0 Å². The zero-order valence-electron chi connectivity index (χ0n) is 10.8. The number of hydrogen-bond donors (Lipinski definition) is 1. The Kier molecular flexibility index (Phi) is 3.23. The predicted molar refractivity (Wildman–Crippen MR) is 81.4 cm³/mol. The van der Waals surface area contributed by atoms with Crippen LogP contribution < -0.4 is 5.73 Å². The van der Waals surface area contributed by atoms with Crippen LogP contribution in [-0.4, -0.2) is 20.2 Å². The van der Waals surface area contributed by atoms with Crippen LogP contribution in [0.5, 0.6) is 0 Å². The molecule has 1 heterocycles. The lowest BCUT2D eigenvalue weighted by molar-refractivity contribution is 0.791. The number of nitrogens with zero attached hydrogens (tertiary/aromatic N) is 4. The zero-order valence-corrected chi connectivity index (χ0v) is 12.4. The van der Waals surface area contributed by atoms with Crippen molar-refractivity contribution >= 4 is 21.6 Å². The molecule has 2 N–H and O–H groups in total. The maximum absolute atomic E-state index is 5.95. The van der Waals surface area contributed by atoms with Gasteiger partial charge in [0.05, 0.1) is 5.69 Å². The lowest BCUT2D eigenvalue weighted by Crippen LogP contribution is -2.00. The molecule has 6 heteroatoms. The third kappa shape index (κ3) is 2.30. The third-order valence-corrected chi connectivity index (χ3v) is 3.61. The molecule has 0 aliphatic rings. The molecule has 0 atom stereocenters. The summed E-state index contributed by atoms with van der Waals surface area (Å²) in [5.41, 5.74) is 9.50. The topological polar surface area (TPSA) is 69.6 Å². The quantitative estimate of drug-likeness (QED) is 0.734. The molecule has 5 nitrogen and oxygen atoms in total. The Balaban J connectivity index is 2.10. The minimum atomic E-state index is 0.666. The van der Waals surface area contributed by atoms with Crippen molar-refractivity contribution in [3.05, 3.63) is 52.5 Å². The fourth-order valence-corrected chi connectivity index (χ4v) is 2.17. The minimum absolute atomic E-state index is 0.666. The van der Waals surface area contributed by atoms with Gasteiger partial charge in [-0.3, -0.25) is 0 Å². The van der Waals surface area contributed by atoms with Crippen molar-refractivity contribution in [3.63, 3.8) is 0 Å². The predicted octanol–water partition coefficient (Wildman–Crippen LogP) is 2.98. The Morgan fingerprint density at radius 3 is 2.55 bits per heavy atom. The second-order valence-electron chi connectivity index (χ2n) is 4.46. The Hall–Kier alpha value is -2.21. The van der Waals surface area contributed by atoms with Crippen LogP contribution in [0.3, 0.4) is 0 Å². The molecule has 0 saturated heterocycles. The van der Waals surface area contributed by atoms with E-state index >= 15 is 0 Å². The van der Waals surface area contributed by atoms with Crippen LogP contribution >= 0.6 is 15.9 Å². The number of anilines is 1. The lowest BCUT2D eigenvalue weighted by Gasteiger charge is -2.06. The number of tetrazole rings is 1. The van der Waals surface area contributed by atoms with Crippen LogP contribution in [0.4, 0.5) is 5.69 Å². The molecule has 0 radical (unpaired) electrons. The van der Waals surface area contributed by atoms with Gasteiger partial charge in [-0.15, -0.1) is 5.10 Å². The zero-order chi connectivity index (χ0) is 14.1. The highest BCUT2D eigenvalue weighted by Crippen LogP contribution is 2.24. The molecule has 0 fully saturated rings. The van der Waals surface area contributed by atoms with E-state index in [2.05, 4.69) is 31.5 Å². The number of halogens is 1. The summed E-state index contributed by atoms with van der Waals surface area (Å²) in [7, 11) is 0. The number of rotatable bonds is 2. The van der Waals surface area contributed by atoms with Crippen LogP contribution in [-0.2, 0) is 0 Å². The van der Waals surface area contributed by atoms with Gasteiger partial charge in [-0.25, -0.2) is 0 Å². The van der Waals surface area contributed by atoms with E-state index in [0.29, 0.717) is 5.82 Å². The molecular weight excluding hydrogens is 318 g/mol. The van der Waals surface area contributed by atoms with Crippen LogP contribution in [0.25, 0.3) is 17.1 Å². The summed E-state index contributed by atoms with van der Waals surface area (Å²) < 4.78 is 2.70. The van der Waals surface area contributed by atoms with Crippen molar-refractivity contribution in [1.82, 2.24) is 20.2 Å². The second kappa shape index (κ2) is 5.05. The summed E-state index contributed by atoms with van der Waals surface area (Å²) in [6.07, 6.45) is 0. The highest BCUT2D eigenvalue weighted by atomic mass is 79.9. The molecule has 0 aliphatic carbocycles. The van der Waals surface area contributed by atoms with E-state index in [1.165, 1.54) is 0 Å². The number of benzene rings is 2. The number of aryl methyl sites for hydroxylation is 1. The van der Waals surface area contributed by atoms with Crippen molar-refractivity contribution in [3.8, 4) is 17.1 Å². The molecule has 20 heavy (non-hydrogen) atoms. The fraction of sp³-hybridized carbons (Fsp3) is 0.0714. The Labute approximate surface area is 124 Å². The molecule has 0 saturated carbocycles. The maximum atomic E-state index is 5.95. The molecule has 0 spiro atoms. The normalized spacial score (nSPS) is 10.7. The van der Waals surface area contributed by atoms with Gasteiger partial charge < -0.3 is 5.73 Å². The van der Waals surface area contributed by atoms with Gasteiger partial charge in [0.15, 0.2) is 5.82 Å². The van der Waals surface area contributed by atoms with Crippen molar-refractivity contribution in [1.29, 1.82) is 0 Å². The standard InChI is InChI=1S/C14H12BrN5/c1-9-2-3-10(8-13(9)16)14-17-18-19-20(14)12-6-4-11(15)5-7-12/h2-8H,16H2,1H3.